The normalized spacial score (nSPS) is 18.7. The number of halogens is 2. The smallest absolute Gasteiger partial charge is 0.148 e. The molecule has 1 aromatic rings. The van der Waals surface area contributed by atoms with E-state index in [2.05, 4.69) is 25.9 Å². The van der Waals surface area contributed by atoms with Gasteiger partial charge in [-0.25, -0.2) is 9.97 Å². The van der Waals surface area contributed by atoms with Crippen molar-refractivity contribution >= 4 is 33.3 Å². The number of aromatic nitrogens is 2. The maximum atomic E-state index is 10.4. The van der Waals surface area contributed by atoms with Gasteiger partial charge in [-0.2, -0.15) is 0 Å². The molecule has 0 aromatic carbocycles. The summed E-state index contributed by atoms with van der Waals surface area (Å²) >= 11 is 9.29. The van der Waals surface area contributed by atoms with Crippen LogP contribution in [-0.2, 0) is 4.74 Å². The molecule has 100 valence electrons. The van der Waals surface area contributed by atoms with Crippen molar-refractivity contribution in [2.45, 2.75) is 18.4 Å². The summed E-state index contributed by atoms with van der Waals surface area (Å²) in [5.74, 6) is 0.676. The molecule has 2 heterocycles. The number of ether oxygens (including phenoxy) is 1. The molecule has 0 saturated carbocycles. The van der Waals surface area contributed by atoms with Crippen LogP contribution >= 0.6 is 27.5 Å². The predicted octanol–water partition coefficient (Wildman–Crippen LogP) is 1.87. The standard InChI is InChI=1S/C11H15BrClN3O2/c1-16(6-11(17)2-4-18-5-3-11)10-8(12)9(13)14-7-15-10/h7,17H,2-6H2,1H3. The first-order chi connectivity index (χ1) is 8.52. The summed E-state index contributed by atoms with van der Waals surface area (Å²) in [6.07, 6.45) is 2.68. The minimum atomic E-state index is -0.732. The van der Waals surface area contributed by atoms with Crippen molar-refractivity contribution in [1.82, 2.24) is 9.97 Å². The number of nitrogens with zero attached hydrogens (tertiary/aromatic N) is 3. The van der Waals surface area contributed by atoms with E-state index in [1.807, 2.05) is 11.9 Å². The van der Waals surface area contributed by atoms with Crippen LogP contribution < -0.4 is 4.90 Å². The van der Waals surface area contributed by atoms with E-state index in [1.165, 1.54) is 6.33 Å². The molecule has 1 aromatic heterocycles. The summed E-state index contributed by atoms with van der Waals surface area (Å²) in [6, 6.07) is 0. The molecular weight excluding hydrogens is 321 g/mol. The third-order valence-electron chi connectivity index (χ3n) is 3.05. The lowest BCUT2D eigenvalue weighted by molar-refractivity contribution is -0.0573. The first-order valence-corrected chi connectivity index (χ1v) is 6.86. The molecule has 0 radical (unpaired) electrons. The lowest BCUT2D eigenvalue weighted by Crippen LogP contribution is -2.46. The van der Waals surface area contributed by atoms with Crippen molar-refractivity contribution in [3.05, 3.63) is 16.0 Å². The largest absolute Gasteiger partial charge is 0.388 e. The highest BCUT2D eigenvalue weighted by Gasteiger charge is 2.32. The fraction of sp³-hybridized carbons (Fsp3) is 0.636. The second kappa shape index (κ2) is 5.69. The van der Waals surface area contributed by atoms with E-state index >= 15 is 0 Å². The van der Waals surface area contributed by atoms with Gasteiger partial charge in [-0.05, 0) is 15.9 Å². The maximum absolute atomic E-state index is 10.4. The number of anilines is 1. The zero-order valence-corrected chi connectivity index (χ0v) is 12.4. The first-order valence-electron chi connectivity index (χ1n) is 5.69. The molecule has 0 bridgehead atoms. The number of likely N-dealkylation sites (N-methyl/N-ethyl adjacent to an activating group) is 1. The van der Waals surface area contributed by atoms with Gasteiger partial charge in [0, 0.05) is 39.6 Å². The molecule has 1 saturated heterocycles. The molecule has 5 nitrogen and oxygen atoms in total. The van der Waals surface area contributed by atoms with Crippen molar-refractivity contribution in [3.8, 4) is 0 Å². The molecule has 2 rings (SSSR count). The van der Waals surface area contributed by atoms with Gasteiger partial charge in [0.05, 0.1) is 10.1 Å². The Morgan fingerprint density at radius 1 is 1.50 bits per heavy atom. The molecule has 1 fully saturated rings. The minimum Gasteiger partial charge on any atom is -0.388 e. The Balaban J connectivity index is 2.11. The van der Waals surface area contributed by atoms with Crippen LogP contribution in [-0.4, -0.2) is 47.5 Å². The quantitative estimate of drug-likeness (QED) is 0.854. The van der Waals surface area contributed by atoms with Gasteiger partial charge in [-0.1, -0.05) is 11.6 Å². The van der Waals surface area contributed by atoms with Crippen LogP contribution in [0.4, 0.5) is 5.82 Å². The molecule has 0 atom stereocenters. The van der Waals surface area contributed by atoms with Crippen molar-refractivity contribution < 1.29 is 9.84 Å². The minimum absolute atomic E-state index is 0.366. The molecule has 7 heteroatoms. The fourth-order valence-corrected chi connectivity index (χ4v) is 2.67. The van der Waals surface area contributed by atoms with Crippen LogP contribution in [0.5, 0.6) is 0 Å². The Bertz CT molecular complexity index is 427. The van der Waals surface area contributed by atoms with E-state index in [9.17, 15) is 5.11 Å². The average Bonchev–Trinajstić information content (AvgIpc) is 2.33. The van der Waals surface area contributed by atoms with Crippen LogP contribution in [0.25, 0.3) is 0 Å². The van der Waals surface area contributed by atoms with Crippen LogP contribution in [0.3, 0.4) is 0 Å². The third kappa shape index (κ3) is 3.12. The van der Waals surface area contributed by atoms with Gasteiger partial charge in [0.2, 0.25) is 0 Å². The van der Waals surface area contributed by atoms with Gasteiger partial charge in [-0.3, -0.25) is 0 Å². The van der Waals surface area contributed by atoms with Crippen molar-refractivity contribution in [2.24, 2.45) is 0 Å². The SMILES string of the molecule is CN(CC1(O)CCOCC1)c1ncnc(Cl)c1Br. The zero-order chi connectivity index (χ0) is 13.2. The van der Waals surface area contributed by atoms with Gasteiger partial charge in [0.25, 0.3) is 0 Å². The first kappa shape index (κ1) is 14.0. The molecule has 0 spiro atoms. The van der Waals surface area contributed by atoms with E-state index in [0.717, 1.165) is 0 Å². The summed E-state index contributed by atoms with van der Waals surface area (Å²) in [6.45, 7) is 1.67. The lowest BCUT2D eigenvalue weighted by atomic mass is 9.94. The summed E-state index contributed by atoms with van der Waals surface area (Å²) in [4.78, 5) is 9.94. The van der Waals surface area contributed by atoms with E-state index in [4.69, 9.17) is 16.3 Å². The molecule has 0 unspecified atom stereocenters. The summed E-state index contributed by atoms with van der Waals surface area (Å²) in [5.41, 5.74) is -0.732. The Labute approximate surface area is 119 Å². The lowest BCUT2D eigenvalue weighted by Gasteiger charge is -2.36. The van der Waals surface area contributed by atoms with Gasteiger partial charge in [-0.15, -0.1) is 0 Å². The van der Waals surface area contributed by atoms with E-state index in [0.29, 0.717) is 48.0 Å². The van der Waals surface area contributed by atoms with Crippen LogP contribution in [0.15, 0.2) is 10.8 Å². The van der Waals surface area contributed by atoms with Crippen LogP contribution in [0.1, 0.15) is 12.8 Å². The van der Waals surface area contributed by atoms with Crippen LogP contribution in [0.2, 0.25) is 5.15 Å². The molecule has 1 aliphatic rings. The number of hydrogen-bond acceptors (Lipinski definition) is 5. The Kier molecular flexibility index (Phi) is 4.42. The van der Waals surface area contributed by atoms with E-state index < -0.39 is 5.60 Å². The average molecular weight is 337 g/mol. The molecule has 0 amide bonds. The van der Waals surface area contributed by atoms with Crippen molar-refractivity contribution in [3.63, 3.8) is 0 Å². The third-order valence-corrected chi connectivity index (χ3v) is 4.29. The molecular formula is C11H15BrClN3O2. The highest BCUT2D eigenvalue weighted by molar-refractivity contribution is 9.10. The zero-order valence-electron chi connectivity index (χ0n) is 10.1. The Morgan fingerprint density at radius 3 is 2.83 bits per heavy atom. The fourth-order valence-electron chi connectivity index (χ4n) is 2.03. The monoisotopic (exact) mass is 335 g/mol. The van der Waals surface area contributed by atoms with Gasteiger partial charge in [0.1, 0.15) is 17.3 Å². The molecule has 0 aliphatic carbocycles. The van der Waals surface area contributed by atoms with Gasteiger partial charge in [0.15, 0.2) is 0 Å². The van der Waals surface area contributed by atoms with E-state index in [1.54, 1.807) is 0 Å². The number of hydrogen-bond donors (Lipinski definition) is 1. The summed E-state index contributed by atoms with van der Waals surface area (Å²) in [5, 5.41) is 10.8. The second-order valence-corrected chi connectivity index (χ2v) is 5.65. The van der Waals surface area contributed by atoms with E-state index in [-0.39, 0.29) is 0 Å². The van der Waals surface area contributed by atoms with Gasteiger partial charge >= 0.3 is 0 Å². The number of aliphatic hydroxyl groups is 1. The van der Waals surface area contributed by atoms with Crippen LogP contribution in [0, 0.1) is 0 Å². The predicted molar refractivity (Wildman–Crippen MR) is 73.0 cm³/mol. The van der Waals surface area contributed by atoms with Crippen molar-refractivity contribution in [2.75, 3.05) is 31.7 Å². The number of rotatable bonds is 3. The summed E-state index contributed by atoms with van der Waals surface area (Å²) in [7, 11) is 1.87. The summed E-state index contributed by atoms with van der Waals surface area (Å²) < 4.78 is 5.90. The molecule has 18 heavy (non-hydrogen) atoms. The molecule has 1 aliphatic heterocycles. The second-order valence-electron chi connectivity index (χ2n) is 4.49. The Hall–Kier alpha value is -0.430. The maximum Gasteiger partial charge on any atom is 0.148 e. The van der Waals surface area contributed by atoms with Crippen molar-refractivity contribution in [1.29, 1.82) is 0 Å². The highest BCUT2D eigenvalue weighted by Crippen LogP contribution is 2.30. The highest BCUT2D eigenvalue weighted by atomic mass is 79.9. The van der Waals surface area contributed by atoms with Gasteiger partial charge < -0.3 is 14.7 Å². The molecule has 1 N–H and O–H groups in total. The topological polar surface area (TPSA) is 58.5 Å². The Morgan fingerprint density at radius 2 is 2.17 bits per heavy atom.